The van der Waals surface area contributed by atoms with Crippen molar-refractivity contribution in [1.82, 2.24) is 0 Å². The van der Waals surface area contributed by atoms with Crippen molar-refractivity contribution in [2.45, 2.75) is 12.2 Å². The van der Waals surface area contributed by atoms with Crippen LogP contribution < -0.4 is 5.73 Å². The highest BCUT2D eigenvalue weighted by Crippen LogP contribution is 2.18. The summed E-state index contributed by atoms with van der Waals surface area (Å²) in [7, 11) is 0. The van der Waals surface area contributed by atoms with Gasteiger partial charge in [0.05, 0.1) is 12.0 Å². The van der Waals surface area contributed by atoms with E-state index in [1.54, 1.807) is 24.3 Å². The van der Waals surface area contributed by atoms with Gasteiger partial charge in [0.2, 0.25) is 0 Å². The number of nitrogens with two attached hydrogens (primary N) is 1. The average molecular weight is 202 g/mol. The molecule has 2 unspecified atom stereocenters. The van der Waals surface area contributed by atoms with Gasteiger partial charge in [0.15, 0.2) is 0 Å². The average Bonchev–Trinajstić information content (AvgIpc) is 2.17. The molecular weight excluding hydrogens is 190 g/mol. The second-order valence-electron chi connectivity index (χ2n) is 2.83. The van der Waals surface area contributed by atoms with E-state index < -0.39 is 12.2 Å². The first-order valence-electron chi connectivity index (χ1n) is 3.92. The van der Waals surface area contributed by atoms with Crippen molar-refractivity contribution in [2.24, 2.45) is 0 Å². The van der Waals surface area contributed by atoms with E-state index in [4.69, 9.17) is 17.3 Å². The summed E-state index contributed by atoms with van der Waals surface area (Å²) >= 11 is 5.39. The molecule has 0 radical (unpaired) electrons. The van der Waals surface area contributed by atoms with Crippen molar-refractivity contribution in [3.05, 3.63) is 29.8 Å². The second kappa shape index (κ2) is 4.46. The Bertz CT molecular complexity index is 263. The van der Waals surface area contributed by atoms with Gasteiger partial charge in [0.1, 0.15) is 6.10 Å². The Hall–Kier alpha value is -0.770. The molecule has 4 heteroatoms. The fraction of sp³-hybridized carbons (Fsp3) is 0.333. The lowest BCUT2D eigenvalue weighted by Gasteiger charge is -2.15. The van der Waals surface area contributed by atoms with E-state index in [2.05, 4.69) is 0 Å². The molecule has 0 spiro atoms. The van der Waals surface area contributed by atoms with Crippen molar-refractivity contribution >= 4 is 17.3 Å². The number of aliphatic hydroxyl groups is 2. The Morgan fingerprint density at radius 1 is 1.23 bits per heavy atom. The fourth-order valence-electron chi connectivity index (χ4n) is 1.000. The van der Waals surface area contributed by atoms with Gasteiger partial charge in [-0.25, -0.2) is 0 Å². The lowest BCUT2D eigenvalue weighted by Crippen LogP contribution is -2.19. The van der Waals surface area contributed by atoms with Crippen LogP contribution in [0.1, 0.15) is 11.7 Å². The molecule has 0 aliphatic heterocycles. The van der Waals surface area contributed by atoms with E-state index in [1.165, 1.54) is 0 Å². The third kappa shape index (κ3) is 2.59. The van der Waals surface area contributed by atoms with E-state index in [0.717, 1.165) is 0 Å². The standard InChI is InChI=1S/C9H12ClNO2/c10-5-8(12)9(13)6-1-3-7(11)4-2-6/h1-4,8-9,12-13H,5,11H2. The number of benzene rings is 1. The minimum Gasteiger partial charge on any atom is -0.399 e. The van der Waals surface area contributed by atoms with Gasteiger partial charge >= 0.3 is 0 Å². The number of hydrogen-bond donors (Lipinski definition) is 3. The topological polar surface area (TPSA) is 66.5 Å². The van der Waals surface area contributed by atoms with E-state index in [-0.39, 0.29) is 5.88 Å². The van der Waals surface area contributed by atoms with Crippen molar-refractivity contribution in [2.75, 3.05) is 11.6 Å². The first kappa shape index (κ1) is 10.3. The summed E-state index contributed by atoms with van der Waals surface area (Å²) in [6.45, 7) is 0. The molecule has 0 aliphatic carbocycles. The Kier molecular flexibility index (Phi) is 3.54. The first-order valence-corrected chi connectivity index (χ1v) is 4.46. The van der Waals surface area contributed by atoms with Gasteiger partial charge in [-0.1, -0.05) is 12.1 Å². The number of anilines is 1. The van der Waals surface area contributed by atoms with Crippen LogP contribution in [0.2, 0.25) is 0 Å². The molecule has 3 nitrogen and oxygen atoms in total. The van der Waals surface area contributed by atoms with Gasteiger partial charge in [-0.3, -0.25) is 0 Å². The third-order valence-corrected chi connectivity index (χ3v) is 2.12. The van der Waals surface area contributed by atoms with Gasteiger partial charge in [0, 0.05) is 5.69 Å². The molecule has 1 aromatic rings. The SMILES string of the molecule is Nc1ccc(C(O)C(O)CCl)cc1. The molecule has 0 heterocycles. The summed E-state index contributed by atoms with van der Waals surface area (Å²) in [5, 5.41) is 18.7. The zero-order valence-corrected chi connectivity index (χ0v) is 7.78. The Morgan fingerprint density at radius 3 is 2.23 bits per heavy atom. The molecule has 0 fully saturated rings. The van der Waals surface area contributed by atoms with Crippen LogP contribution in [0.15, 0.2) is 24.3 Å². The predicted molar refractivity (Wildman–Crippen MR) is 52.5 cm³/mol. The van der Waals surface area contributed by atoms with Crippen LogP contribution in [-0.4, -0.2) is 22.2 Å². The molecule has 0 saturated heterocycles. The lowest BCUT2D eigenvalue weighted by molar-refractivity contribution is 0.0327. The maximum Gasteiger partial charge on any atom is 0.106 e. The molecular formula is C9H12ClNO2. The van der Waals surface area contributed by atoms with Crippen molar-refractivity contribution in [3.8, 4) is 0 Å². The van der Waals surface area contributed by atoms with Crippen LogP contribution in [0.3, 0.4) is 0 Å². The highest BCUT2D eigenvalue weighted by atomic mass is 35.5. The molecule has 1 aromatic carbocycles. The van der Waals surface area contributed by atoms with Crippen molar-refractivity contribution in [3.63, 3.8) is 0 Å². The third-order valence-electron chi connectivity index (χ3n) is 1.80. The molecule has 0 aliphatic rings. The number of halogens is 1. The molecule has 72 valence electrons. The van der Waals surface area contributed by atoms with Crippen LogP contribution in [0.5, 0.6) is 0 Å². The molecule has 13 heavy (non-hydrogen) atoms. The number of aliphatic hydroxyl groups excluding tert-OH is 2. The predicted octanol–water partition coefficient (Wildman–Crippen LogP) is 0.902. The molecule has 0 aromatic heterocycles. The summed E-state index contributed by atoms with van der Waals surface area (Å²) < 4.78 is 0. The number of rotatable bonds is 3. The Labute approximate surface area is 81.8 Å². The minimum atomic E-state index is -0.946. The lowest BCUT2D eigenvalue weighted by atomic mass is 10.1. The van der Waals surface area contributed by atoms with E-state index >= 15 is 0 Å². The van der Waals surface area contributed by atoms with Crippen molar-refractivity contribution < 1.29 is 10.2 Å². The summed E-state index contributed by atoms with van der Waals surface area (Å²) in [5.74, 6) is 0.00550. The fourth-order valence-corrected chi connectivity index (χ4v) is 1.17. The van der Waals surface area contributed by atoms with Crippen LogP contribution in [0.25, 0.3) is 0 Å². The number of alkyl halides is 1. The Morgan fingerprint density at radius 2 is 1.77 bits per heavy atom. The van der Waals surface area contributed by atoms with Crippen LogP contribution >= 0.6 is 11.6 Å². The van der Waals surface area contributed by atoms with Crippen LogP contribution in [0, 0.1) is 0 Å². The summed E-state index contributed by atoms with van der Waals surface area (Å²) in [5.41, 5.74) is 6.70. The maximum absolute atomic E-state index is 9.50. The highest BCUT2D eigenvalue weighted by Gasteiger charge is 2.16. The minimum absolute atomic E-state index is 0.00550. The van der Waals surface area contributed by atoms with Gasteiger partial charge in [-0.15, -0.1) is 11.6 Å². The molecule has 1 rings (SSSR count). The maximum atomic E-state index is 9.50. The van der Waals surface area contributed by atoms with E-state index in [0.29, 0.717) is 11.3 Å². The molecule has 2 atom stereocenters. The summed E-state index contributed by atoms with van der Waals surface area (Å²) in [6.07, 6.45) is -1.89. The highest BCUT2D eigenvalue weighted by molar-refractivity contribution is 6.18. The van der Waals surface area contributed by atoms with Crippen LogP contribution in [-0.2, 0) is 0 Å². The zero-order chi connectivity index (χ0) is 9.84. The molecule has 0 bridgehead atoms. The van der Waals surface area contributed by atoms with Crippen molar-refractivity contribution in [1.29, 1.82) is 0 Å². The Balaban J connectivity index is 2.77. The molecule has 0 amide bonds. The quantitative estimate of drug-likeness (QED) is 0.503. The number of hydrogen-bond acceptors (Lipinski definition) is 3. The largest absolute Gasteiger partial charge is 0.399 e. The smallest absolute Gasteiger partial charge is 0.106 e. The van der Waals surface area contributed by atoms with E-state index in [1.807, 2.05) is 0 Å². The van der Waals surface area contributed by atoms with Crippen LogP contribution in [0.4, 0.5) is 5.69 Å². The number of nitrogen functional groups attached to an aromatic ring is 1. The summed E-state index contributed by atoms with van der Waals surface area (Å²) in [4.78, 5) is 0. The van der Waals surface area contributed by atoms with E-state index in [9.17, 15) is 10.2 Å². The van der Waals surface area contributed by atoms with Gasteiger partial charge in [-0.05, 0) is 17.7 Å². The van der Waals surface area contributed by atoms with Gasteiger partial charge < -0.3 is 15.9 Å². The summed E-state index contributed by atoms with van der Waals surface area (Å²) in [6, 6.07) is 6.66. The second-order valence-corrected chi connectivity index (χ2v) is 3.14. The zero-order valence-electron chi connectivity index (χ0n) is 7.02. The molecule has 4 N–H and O–H groups in total. The van der Waals surface area contributed by atoms with Gasteiger partial charge in [-0.2, -0.15) is 0 Å². The monoisotopic (exact) mass is 201 g/mol. The first-order chi connectivity index (χ1) is 6.15. The normalized spacial score (nSPS) is 15.3. The molecule has 0 saturated carbocycles. The van der Waals surface area contributed by atoms with Gasteiger partial charge in [0.25, 0.3) is 0 Å².